The van der Waals surface area contributed by atoms with Crippen molar-refractivity contribution in [1.29, 1.82) is 0 Å². The van der Waals surface area contributed by atoms with Gasteiger partial charge < -0.3 is 9.72 Å². The van der Waals surface area contributed by atoms with Crippen LogP contribution in [0.25, 0.3) is 11.4 Å². The first-order chi connectivity index (χ1) is 9.43. The molecule has 1 N–H and O–H groups in total. The maximum Gasteiger partial charge on any atom is 0.342 e. The van der Waals surface area contributed by atoms with Crippen LogP contribution in [0.1, 0.15) is 21.6 Å². The number of aromatic nitrogens is 2. The molecule has 0 radical (unpaired) electrons. The first kappa shape index (κ1) is 14.7. The number of H-pyrrole nitrogens is 1. The molecule has 0 aliphatic heterocycles. The summed E-state index contributed by atoms with van der Waals surface area (Å²) in [6, 6.07) is 5.60. The predicted molar refractivity (Wildman–Crippen MR) is 80.7 cm³/mol. The summed E-state index contributed by atoms with van der Waals surface area (Å²) >= 11 is 11.3. The third kappa shape index (κ3) is 2.73. The fraction of sp³-hybridized carbons (Fsp3) is 0.214. The highest BCUT2D eigenvalue weighted by atomic mass is 35.5. The summed E-state index contributed by atoms with van der Waals surface area (Å²) in [6.45, 7) is 3.68. The average Bonchev–Trinajstić information content (AvgIpc) is 2.40. The van der Waals surface area contributed by atoms with Crippen LogP contribution in [0.4, 0.5) is 0 Å². The average molecular weight is 309 g/mol. The molecule has 0 amide bonds. The molecule has 2 rings (SSSR count). The molecule has 0 spiro atoms. The SMILES string of the molecule is COC(=O)c1c(C)[nH]c(-c2ccc(C)c(Cl)c2)nc1=S. The normalized spacial score (nSPS) is 10.4. The Labute approximate surface area is 126 Å². The number of hydrogen-bond acceptors (Lipinski definition) is 4. The molecule has 1 aromatic heterocycles. The van der Waals surface area contributed by atoms with E-state index in [1.54, 1.807) is 6.92 Å². The molecule has 0 saturated heterocycles. The minimum Gasteiger partial charge on any atom is -0.465 e. The van der Waals surface area contributed by atoms with Crippen LogP contribution in [0, 0.1) is 18.5 Å². The van der Waals surface area contributed by atoms with Gasteiger partial charge in [0.2, 0.25) is 0 Å². The van der Waals surface area contributed by atoms with Crippen LogP contribution in [0.15, 0.2) is 18.2 Å². The number of carbonyl (C=O) groups excluding carboxylic acids is 1. The maximum atomic E-state index is 11.6. The number of nitrogens with zero attached hydrogens (tertiary/aromatic N) is 1. The number of nitrogens with one attached hydrogen (secondary N) is 1. The van der Waals surface area contributed by atoms with Crippen LogP contribution in [0.2, 0.25) is 5.02 Å². The van der Waals surface area contributed by atoms with E-state index in [9.17, 15) is 4.79 Å². The molecule has 1 aromatic carbocycles. The maximum absolute atomic E-state index is 11.6. The molecule has 0 aliphatic carbocycles. The van der Waals surface area contributed by atoms with E-state index in [1.165, 1.54) is 7.11 Å². The van der Waals surface area contributed by atoms with Crippen LogP contribution in [-0.4, -0.2) is 23.0 Å². The van der Waals surface area contributed by atoms with Crippen LogP contribution < -0.4 is 0 Å². The zero-order valence-electron chi connectivity index (χ0n) is 11.3. The number of halogens is 1. The number of carbonyl (C=O) groups is 1. The minimum atomic E-state index is -0.496. The van der Waals surface area contributed by atoms with Crippen molar-refractivity contribution in [2.75, 3.05) is 7.11 Å². The number of ether oxygens (including phenoxy) is 1. The zero-order valence-corrected chi connectivity index (χ0v) is 12.9. The van der Waals surface area contributed by atoms with Crippen molar-refractivity contribution in [3.05, 3.63) is 44.7 Å². The van der Waals surface area contributed by atoms with Gasteiger partial charge in [-0.15, -0.1) is 0 Å². The molecular formula is C14H13ClN2O2S. The molecule has 6 heteroatoms. The van der Waals surface area contributed by atoms with E-state index in [0.717, 1.165) is 11.1 Å². The summed E-state index contributed by atoms with van der Waals surface area (Å²) in [5, 5.41) is 0.651. The van der Waals surface area contributed by atoms with E-state index in [0.29, 0.717) is 16.5 Å². The number of methoxy groups -OCH3 is 1. The van der Waals surface area contributed by atoms with Crippen molar-refractivity contribution in [2.24, 2.45) is 0 Å². The topological polar surface area (TPSA) is 55.0 Å². The summed E-state index contributed by atoms with van der Waals surface area (Å²) < 4.78 is 4.90. The third-order valence-corrected chi connectivity index (χ3v) is 3.65. The van der Waals surface area contributed by atoms with Gasteiger partial charge in [0.15, 0.2) is 0 Å². The summed E-state index contributed by atoms with van der Waals surface area (Å²) in [4.78, 5) is 18.9. The Morgan fingerprint density at radius 1 is 1.40 bits per heavy atom. The van der Waals surface area contributed by atoms with Gasteiger partial charge in [0.25, 0.3) is 0 Å². The Morgan fingerprint density at radius 2 is 2.10 bits per heavy atom. The Balaban J connectivity index is 2.57. The van der Waals surface area contributed by atoms with Gasteiger partial charge in [0.05, 0.1) is 7.11 Å². The molecule has 4 nitrogen and oxygen atoms in total. The van der Waals surface area contributed by atoms with Gasteiger partial charge in [-0.1, -0.05) is 36.0 Å². The van der Waals surface area contributed by atoms with Gasteiger partial charge in [0.1, 0.15) is 16.0 Å². The van der Waals surface area contributed by atoms with Gasteiger partial charge in [-0.2, -0.15) is 0 Å². The molecular weight excluding hydrogens is 296 g/mol. The molecule has 104 valence electrons. The van der Waals surface area contributed by atoms with E-state index in [1.807, 2.05) is 25.1 Å². The highest BCUT2D eigenvalue weighted by Gasteiger charge is 2.15. The van der Waals surface area contributed by atoms with Crippen molar-refractivity contribution < 1.29 is 9.53 Å². The summed E-state index contributed by atoms with van der Waals surface area (Å²) in [6.07, 6.45) is 0. The fourth-order valence-electron chi connectivity index (χ4n) is 1.81. The quantitative estimate of drug-likeness (QED) is 0.676. The molecule has 0 fully saturated rings. The highest BCUT2D eigenvalue weighted by molar-refractivity contribution is 7.71. The van der Waals surface area contributed by atoms with Crippen molar-refractivity contribution in [2.45, 2.75) is 13.8 Å². The summed E-state index contributed by atoms with van der Waals surface area (Å²) in [5.74, 6) is 0.0757. The first-order valence-electron chi connectivity index (χ1n) is 5.89. The first-order valence-corrected chi connectivity index (χ1v) is 6.68. The Hall–Kier alpha value is -1.72. The molecule has 2 aromatic rings. The number of benzene rings is 1. The van der Waals surface area contributed by atoms with E-state index in [2.05, 4.69) is 9.97 Å². The standard InChI is InChI=1S/C14H13ClN2O2S/c1-7-4-5-9(6-10(7)15)12-16-8(2)11(13(20)17-12)14(18)19-3/h4-6H,1-3H3,(H,16,17,20). The van der Waals surface area contributed by atoms with Crippen molar-refractivity contribution in [1.82, 2.24) is 9.97 Å². The van der Waals surface area contributed by atoms with Crippen LogP contribution in [-0.2, 0) is 4.74 Å². The Morgan fingerprint density at radius 3 is 2.65 bits per heavy atom. The smallest absolute Gasteiger partial charge is 0.342 e. The summed E-state index contributed by atoms with van der Waals surface area (Å²) in [5.41, 5.74) is 2.69. The molecule has 20 heavy (non-hydrogen) atoms. The van der Waals surface area contributed by atoms with Crippen LogP contribution in [0.3, 0.4) is 0 Å². The van der Waals surface area contributed by atoms with Crippen LogP contribution in [0.5, 0.6) is 0 Å². The van der Waals surface area contributed by atoms with Gasteiger partial charge in [-0.25, -0.2) is 9.78 Å². The van der Waals surface area contributed by atoms with Crippen LogP contribution >= 0.6 is 23.8 Å². The van der Waals surface area contributed by atoms with Crippen molar-refractivity contribution in [3.8, 4) is 11.4 Å². The second-order valence-electron chi connectivity index (χ2n) is 4.35. The molecule has 1 heterocycles. The molecule has 0 unspecified atom stereocenters. The molecule has 0 aliphatic rings. The van der Waals surface area contributed by atoms with Gasteiger partial charge in [-0.3, -0.25) is 0 Å². The number of aryl methyl sites for hydroxylation is 2. The lowest BCUT2D eigenvalue weighted by Crippen LogP contribution is -2.08. The highest BCUT2D eigenvalue weighted by Crippen LogP contribution is 2.23. The minimum absolute atomic E-state index is 0.208. The lowest BCUT2D eigenvalue weighted by molar-refractivity contribution is 0.0598. The van der Waals surface area contributed by atoms with Gasteiger partial charge in [-0.05, 0) is 25.5 Å². The monoisotopic (exact) mass is 308 g/mol. The largest absolute Gasteiger partial charge is 0.465 e. The second kappa shape index (κ2) is 5.73. The molecule has 0 saturated carbocycles. The van der Waals surface area contributed by atoms with E-state index < -0.39 is 5.97 Å². The second-order valence-corrected chi connectivity index (χ2v) is 5.14. The number of rotatable bonds is 2. The lowest BCUT2D eigenvalue weighted by Gasteiger charge is -2.08. The Bertz CT molecular complexity index is 740. The zero-order chi connectivity index (χ0) is 14.9. The van der Waals surface area contributed by atoms with Crippen molar-refractivity contribution >= 4 is 29.8 Å². The Kier molecular flexibility index (Phi) is 4.20. The van der Waals surface area contributed by atoms with E-state index in [-0.39, 0.29) is 10.2 Å². The lowest BCUT2D eigenvalue weighted by atomic mass is 10.1. The predicted octanol–water partition coefficient (Wildman–Crippen LogP) is 3.86. The van der Waals surface area contributed by atoms with E-state index >= 15 is 0 Å². The van der Waals surface area contributed by atoms with E-state index in [4.69, 9.17) is 28.6 Å². The molecule has 0 atom stereocenters. The summed E-state index contributed by atoms with van der Waals surface area (Å²) in [7, 11) is 1.31. The fourth-order valence-corrected chi connectivity index (χ4v) is 2.31. The van der Waals surface area contributed by atoms with Gasteiger partial charge >= 0.3 is 5.97 Å². The van der Waals surface area contributed by atoms with Gasteiger partial charge in [0, 0.05) is 16.3 Å². The number of aromatic amines is 1. The number of esters is 1. The number of hydrogen-bond donors (Lipinski definition) is 1. The van der Waals surface area contributed by atoms with Crippen molar-refractivity contribution in [3.63, 3.8) is 0 Å². The third-order valence-electron chi connectivity index (χ3n) is 2.94. The molecule has 0 bridgehead atoms.